The van der Waals surface area contributed by atoms with Crippen LogP contribution in [-0.4, -0.2) is 10.9 Å². The number of thiophene rings is 1. The lowest BCUT2D eigenvalue weighted by Gasteiger charge is -2.04. The minimum absolute atomic E-state index is 0.236. The smallest absolute Gasteiger partial charge is 0.257 e. The second-order valence-electron chi connectivity index (χ2n) is 2.95. The van der Waals surface area contributed by atoms with Gasteiger partial charge in [-0.1, -0.05) is 23.2 Å². The highest BCUT2D eigenvalue weighted by Crippen LogP contribution is 2.20. The zero-order chi connectivity index (χ0) is 11.5. The normalized spacial score (nSPS) is 10.1. The van der Waals surface area contributed by atoms with Gasteiger partial charge >= 0.3 is 0 Å². The Morgan fingerprint density at radius 2 is 2.25 bits per heavy atom. The second-order valence-corrected chi connectivity index (χ2v) is 4.53. The average Bonchev–Trinajstić information content (AvgIpc) is 2.74. The molecule has 1 amide bonds. The first-order valence-electron chi connectivity index (χ1n) is 4.31. The fourth-order valence-corrected chi connectivity index (χ4v) is 2.06. The maximum atomic E-state index is 11.8. The molecule has 16 heavy (non-hydrogen) atoms. The molecule has 2 aromatic rings. The van der Waals surface area contributed by atoms with Crippen LogP contribution >= 0.6 is 34.5 Å². The fraction of sp³-hybridized carbons (Fsp3) is 0. The Balaban J connectivity index is 2.24. The third kappa shape index (κ3) is 2.52. The standard InChI is InChI=1S/C10H6Cl2N2OS/c11-8-4-13-9(12)3-7(8)10(15)14-6-1-2-16-5-6/h1-5H,(H,14,15). The van der Waals surface area contributed by atoms with Gasteiger partial charge in [-0.25, -0.2) is 4.98 Å². The molecule has 0 saturated heterocycles. The van der Waals surface area contributed by atoms with E-state index in [-0.39, 0.29) is 16.1 Å². The Labute approximate surface area is 106 Å². The van der Waals surface area contributed by atoms with Gasteiger partial charge in [0, 0.05) is 11.6 Å². The predicted octanol–water partition coefficient (Wildman–Crippen LogP) is 3.70. The van der Waals surface area contributed by atoms with Crippen molar-refractivity contribution in [2.75, 3.05) is 5.32 Å². The van der Waals surface area contributed by atoms with Crippen molar-refractivity contribution in [2.45, 2.75) is 0 Å². The molecule has 6 heteroatoms. The van der Waals surface area contributed by atoms with Crippen LogP contribution in [0.4, 0.5) is 5.69 Å². The molecule has 0 aliphatic carbocycles. The zero-order valence-electron chi connectivity index (χ0n) is 7.91. The topological polar surface area (TPSA) is 42.0 Å². The summed E-state index contributed by atoms with van der Waals surface area (Å²) >= 11 is 13.0. The highest BCUT2D eigenvalue weighted by Gasteiger charge is 2.11. The number of carbonyl (C=O) groups is 1. The Hall–Kier alpha value is -1.10. The summed E-state index contributed by atoms with van der Waals surface area (Å²) in [6.07, 6.45) is 1.35. The molecule has 2 heterocycles. The van der Waals surface area contributed by atoms with Crippen LogP contribution in [-0.2, 0) is 0 Å². The van der Waals surface area contributed by atoms with E-state index in [9.17, 15) is 4.79 Å². The Morgan fingerprint density at radius 1 is 1.44 bits per heavy atom. The van der Waals surface area contributed by atoms with Crippen molar-refractivity contribution in [3.8, 4) is 0 Å². The molecule has 82 valence electrons. The summed E-state index contributed by atoms with van der Waals surface area (Å²) in [5.74, 6) is -0.298. The quantitative estimate of drug-likeness (QED) is 0.847. The van der Waals surface area contributed by atoms with Crippen molar-refractivity contribution in [3.05, 3.63) is 44.8 Å². The number of halogens is 2. The van der Waals surface area contributed by atoms with Gasteiger partial charge in [-0.2, -0.15) is 11.3 Å². The van der Waals surface area contributed by atoms with Crippen molar-refractivity contribution in [1.29, 1.82) is 0 Å². The lowest BCUT2D eigenvalue weighted by molar-refractivity contribution is 0.102. The van der Waals surface area contributed by atoms with E-state index in [2.05, 4.69) is 10.3 Å². The van der Waals surface area contributed by atoms with E-state index in [0.29, 0.717) is 5.56 Å². The molecule has 0 aromatic carbocycles. The number of rotatable bonds is 2. The van der Waals surface area contributed by atoms with E-state index in [0.717, 1.165) is 5.69 Å². The highest BCUT2D eigenvalue weighted by atomic mass is 35.5. The number of aromatic nitrogens is 1. The van der Waals surface area contributed by atoms with Gasteiger partial charge in [0.05, 0.1) is 16.3 Å². The third-order valence-electron chi connectivity index (χ3n) is 1.85. The van der Waals surface area contributed by atoms with E-state index in [1.165, 1.54) is 23.6 Å². The first-order chi connectivity index (χ1) is 7.66. The van der Waals surface area contributed by atoms with Crippen molar-refractivity contribution < 1.29 is 4.79 Å². The fourth-order valence-electron chi connectivity index (χ4n) is 1.12. The SMILES string of the molecule is O=C(Nc1ccsc1)c1cc(Cl)ncc1Cl. The molecule has 1 N–H and O–H groups in total. The summed E-state index contributed by atoms with van der Waals surface area (Å²) in [6.45, 7) is 0. The van der Waals surface area contributed by atoms with Crippen LogP contribution < -0.4 is 5.32 Å². The van der Waals surface area contributed by atoms with E-state index >= 15 is 0 Å². The molecule has 0 radical (unpaired) electrons. The maximum Gasteiger partial charge on any atom is 0.257 e. The average molecular weight is 273 g/mol. The lowest BCUT2D eigenvalue weighted by Crippen LogP contribution is -2.12. The van der Waals surface area contributed by atoms with Crippen molar-refractivity contribution in [1.82, 2.24) is 4.98 Å². The summed E-state index contributed by atoms with van der Waals surface area (Å²) in [4.78, 5) is 15.6. The first kappa shape index (κ1) is 11.4. The van der Waals surface area contributed by atoms with Crippen LogP contribution in [0.1, 0.15) is 10.4 Å². The summed E-state index contributed by atoms with van der Waals surface area (Å²) < 4.78 is 0. The van der Waals surface area contributed by atoms with E-state index in [1.807, 2.05) is 10.8 Å². The summed E-state index contributed by atoms with van der Waals surface area (Å²) in [5, 5.41) is 6.92. The van der Waals surface area contributed by atoms with Crippen molar-refractivity contribution in [2.24, 2.45) is 0 Å². The van der Waals surface area contributed by atoms with Crippen LogP contribution in [0.25, 0.3) is 0 Å². The molecule has 0 saturated carbocycles. The van der Waals surface area contributed by atoms with Crippen LogP contribution in [0.2, 0.25) is 10.2 Å². The summed E-state index contributed by atoms with van der Waals surface area (Å²) in [6, 6.07) is 3.24. The molecule has 0 spiro atoms. The third-order valence-corrected chi connectivity index (χ3v) is 3.04. The molecule has 0 fully saturated rings. The number of anilines is 1. The summed E-state index contributed by atoms with van der Waals surface area (Å²) in [7, 11) is 0. The molecule has 2 rings (SSSR count). The summed E-state index contributed by atoms with van der Waals surface area (Å²) in [5.41, 5.74) is 1.05. The minimum atomic E-state index is -0.298. The molecular weight excluding hydrogens is 267 g/mol. The number of hydrogen-bond acceptors (Lipinski definition) is 3. The number of carbonyl (C=O) groups excluding carboxylic acids is 1. The number of nitrogens with zero attached hydrogens (tertiary/aromatic N) is 1. The molecule has 0 bridgehead atoms. The van der Waals surface area contributed by atoms with Gasteiger partial charge in [-0.05, 0) is 17.5 Å². The van der Waals surface area contributed by atoms with E-state index in [4.69, 9.17) is 23.2 Å². The lowest BCUT2D eigenvalue weighted by atomic mass is 10.2. The van der Waals surface area contributed by atoms with Gasteiger partial charge in [0.15, 0.2) is 0 Å². The number of nitrogens with one attached hydrogen (secondary N) is 1. The Kier molecular flexibility index (Phi) is 3.43. The van der Waals surface area contributed by atoms with Crippen LogP contribution in [0.15, 0.2) is 29.1 Å². The number of amides is 1. The minimum Gasteiger partial charge on any atom is -0.321 e. The Morgan fingerprint density at radius 3 is 2.94 bits per heavy atom. The molecule has 0 aliphatic heterocycles. The Bertz CT molecular complexity index is 514. The molecule has 3 nitrogen and oxygen atoms in total. The van der Waals surface area contributed by atoms with Gasteiger partial charge in [0.1, 0.15) is 5.15 Å². The maximum absolute atomic E-state index is 11.8. The van der Waals surface area contributed by atoms with Gasteiger partial charge < -0.3 is 5.32 Å². The van der Waals surface area contributed by atoms with Crippen molar-refractivity contribution >= 4 is 46.1 Å². The predicted molar refractivity (Wildman–Crippen MR) is 66.5 cm³/mol. The molecular formula is C10H6Cl2N2OS. The molecule has 2 aromatic heterocycles. The van der Waals surface area contributed by atoms with Crippen molar-refractivity contribution in [3.63, 3.8) is 0 Å². The van der Waals surface area contributed by atoms with Crippen LogP contribution in [0.5, 0.6) is 0 Å². The number of pyridine rings is 1. The van der Waals surface area contributed by atoms with Gasteiger partial charge in [0.25, 0.3) is 5.91 Å². The zero-order valence-corrected chi connectivity index (χ0v) is 10.2. The first-order valence-corrected chi connectivity index (χ1v) is 6.01. The monoisotopic (exact) mass is 272 g/mol. The van der Waals surface area contributed by atoms with Crippen LogP contribution in [0, 0.1) is 0 Å². The van der Waals surface area contributed by atoms with E-state index in [1.54, 1.807) is 6.07 Å². The van der Waals surface area contributed by atoms with Crippen LogP contribution in [0.3, 0.4) is 0 Å². The largest absolute Gasteiger partial charge is 0.321 e. The van der Waals surface area contributed by atoms with Gasteiger partial charge in [0.2, 0.25) is 0 Å². The highest BCUT2D eigenvalue weighted by molar-refractivity contribution is 7.08. The molecule has 0 unspecified atom stereocenters. The van der Waals surface area contributed by atoms with Gasteiger partial charge in [-0.15, -0.1) is 0 Å². The molecule has 0 atom stereocenters. The number of hydrogen-bond donors (Lipinski definition) is 1. The molecule has 0 aliphatic rings. The van der Waals surface area contributed by atoms with Gasteiger partial charge in [-0.3, -0.25) is 4.79 Å². The van der Waals surface area contributed by atoms with E-state index < -0.39 is 0 Å². The second kappa shape index (κ2) is 4.82.